The summed E-state index contributed by atoms with van der Waals surface area (Å²) in [6.45, 7) is 0.0636. The predicted molar refractivity (Wildman–Crippen MR) is 82.6 cm³/mol. The minimum absolute atomic E-state index is 0.0636. The van der Waals surface area contributed by atoms with E-state index in [-0.39, 0.29) is 37.4 Å². The Kier molecular flexibility index (Phi) is 5.25. The van der Waals surface area contributed by atoms with Gasteiger partial charge in [-0.1, -0.05) is 30.3 Å². The van der Waals surface area contributed by atoms with Gasteiger partial charge in [0, 0.05) is 0 Å². The van der Waals surface area contributed by atoms with Crippen LogP contribution < -0.4 is 5.32 Å². The number of hydrogen-bond acceptors (Lipinski definition) is 5. The van der Waals surface area contributed by atoms with Gasteiger partial charge in [-0.25, -0.2) is 13.2 Å². The van der Waals surface area contributed by atoms with Crippen LogP contribution in [0.25, 0.3) is 0 Å². The van der Waals surface area contributed by atoms with Crippen LogP contribution in [0.5, 0.6) is 0 Å². The van der Waals surface area contributed by atoms with Crippen molar-refractivity contribution in [3.05, 3.63) is 35.9 Å². The highest BCUT2D eigenvalue weighted by atomic mass is 32.2. The molecule has 2 N–H and O–H groups in total. The highest BCUT2D eigenvalue weighted by molar-refractivity contribution is 7.91. The van der Waals surface area contributed by atoms with Crippen LogP contribution in [0.15, 0.2) is 30.3 Å². The van der Waals surface area contributed by atoms with Crippen molar-refractivity contribution >= 4 is 21.9 Å². The second-order valence-electron chi connectivity index (χ2n) is 5.69. The van der Waals surface area contributed by atoms with Crippen LogP contribution in [0, 0.1) is 0 Å². The second kappa shape index (κ2) is 6.99. The maximum absolute atomic E-state index is 12.0. The summed E-state index contributed by atoms with van der Waals surface area (Å²) in [4.78, 5) is 23.0. The Labute approximate surface area is 134 Å². The van der Waals surface area contributed by atoms with Crippen molar-refractivity contribution < 1.29 is 27.9 Å². The Morgan fingerprint density at radius 1 is 1.17 bits per heavy atom. The molecule has 2 rings (SSSR count). The first-order valence-corrected chi connectivity index (χ1v) is 9.04. The van der Waals surface area contributed by atoms with Crippen LogP contribution >= 0.6 is 0 Å². The number of carboxylic acid groups (broad SMARTS) is 1. The number of nitrogens with one attached hydrogen (secondary N) is 1. The average molecular weight is 341 g/mol. The standard InChI is InChI=1S/C15H19NO6S/c17-13(18)10-15(6-8-23(20,21)9-7-15)16-14(19)22-11-12-4-2-1-3-5-12/h1-5H,6-11H2,(H,16,19)(H,17,18). The van der Waals surface area contributed by atoms with E-state index in [1.807, 2.05) is 18.2 Å². The van der Waals surface area contributed by atoms with Crippen LogP contribution in [0.3, 0.4) is 0 Å². The SMILES string of the molecule is O=C(O)CC1(NC(=O)OCc2ccccc2)CCS(=O)(=O)CC1. The smallest absolute Gasteiger partial charge is 0.407 e. The molecular formula is C15H19NO6S. The summed E-state index contributed by atoms with van der Waals surface area (Å²) in [7, 11) is -3.17. The zero-order valence-electron chi connectivity index (χ0n) is 12.5. The summed E-state index contributed by atoms with van der Waals surface area (Å²) < 4.78 is 28.2. The highest BCUT2D eigenvalue weighted by Crippen LogP contribution is 2.27. The molecule has 1 heterocycles. The normalized spacial score (nSPS) is 18.8. The molecule has 8 heteroatoms. The van der Waals surface area contributed by atoms with Crippen molar-refractivity contribution in [2.24, 2.45) is 0 Å². The van der Waals surface area contributed by atoms with Gasteiger partial charge in [-0.15, -0.1) is 0 Å². The van der Waals surface area contributed by atoms with E-state index in [9.17, 15) is 18.0 Å². The van der Waals surface area contributed by atoms with Crippen LogP contribution in [0.4, 0.5) is 4.79 Å². The average Bonchev–Trinajstić information content (AvgIpc) is 2.49. The summed E-state index contributed by atoms with van der Waals surface area (Å²) >= 11 is 0. The van der Waals surface area contributed by atoms with Crippen LogP contribution in [0.2, 0.25) is 0 Å². The van der Waals surface area contributed by atoms with E-state index in [0.29, 0.717) is 0 Å². The quantitative estimate of drug-likeness (QED) is 0.836. The molecule has 0 aliphatic carbocycles. The van der Waals surface area contributed by atoms with Gasteiger partial charge in [0.1, 0.15) is 16.4 Å². The Morgan fingerprint density at radius 2 is 1.78 bits per heavy atom. The summed E-state index contributed by atoms with van der Waals surface area (Å²) in [6, 6.07) is 9.07. The van der Waals surface area contributed by atoms with Gasteiger partial charge in [-0.3, -0.25) is 4.79 Å². The number of hydrogen-bond donors (Lipinski definition) is 2. The van der Waals surface area contributed by atoms with Crippen molar-refractivity contribution in [1.29, 1.82) is 0 Å². The molecule has 1 saturated heterocycles. The fraction of sp³-hybridized carbons (Fsp3) is 0.467. The minimum Gasteiger partial charge on any atom is -0.481 e. The fourth-order valence-corrected chi connectivity index (χ4v) is 4.15. The van der Waals surface area contributed by atoms with Gasteiger partial charge in [0.2, 0.25) is 0 Å². The summed E-state index contributed by atoms with van der Waals surface area (Å²) in [5.41, 5.74) is -0.272. The topological polar surface area (TPSA) is 110 Å². The van der Waals surface area contributed by atoms with Crippen molar-refractivity contribution in [2.75, 3.05) is 11.5 Å². The van der Waals surface area contributed by atoms with Crippen molar-refractivity contribution in [3.8, 4) is 0 Å². The second-order valence-corrected chi connectivity index (χ2v) is 7.99. The third-order valence-corrected chi connectivity index (χ3v) is 5.51. The molecule has 1 aliphatic heterocycles. The number of aliphatic carboxylic acids is 1. The molecule has 0 saturated carbocycles. The first-order chi connectivity index (χ1) is 10.8. The molecule has 1 aromatic carbocycles. The van der Waals surface area contributed by atoms with Gasteiger partial charge >= 0.3 is 12.1 Å². The Hall–Kier alpha value is -2.09. The molecule has 1 aliphatic rings. The molecule has 1 fully saturated rings. The largest absolute Gasteiger partial charge is 0.481 e. The zero-order valence-corrected chi connectivity index (χ0v) is 13.3. The number of benzene rings is 1. The molecule has 0 radical (unpaired) electrons. The van der Waals surface area contributed by atoms with Gasteiger partial charge in [0.15, 0.2) is 0 Å². The van der Waals surface area contributed by atoms with Gasteiger partial charge in [0.25, 0.3) is 0 Å². The number of carbonyl (C=O) groups is 2. The molecule has 1 aromatic rings. The maximum Gasteiger partial charge on any atom is 0.407 e. The monoisotopic (exact) mass is 341 g/mol. The third kappa shape index (κ3) is 5.24. The molecule has 7 nitrogen and oxygen atoms in total. The molecule has 0 atom stereocenters. The van der Waals surface area contributed by atoms with E-state index in [1.165, 1.54) is 0 Å². The lowest BCUT2D eigenvalue weighted by Crippen LogP contribution is -2.54. The van der Waals surface area contributed by atoms with E-state index in [4.69, 9.17) is 9.84 Å². The number of sulfone groups is 1. The zero-order chi connectivity index (χ0) is 16.9. The molecule has 0 bridgehead atoms. The first kappa shape index (κ1) is 17.3. The van der Waals surface area contributed by atoms with E-state index < -0.39 is 27.4 Å². The Bertz CT molecular complexity index is 656. The lowest BCUT2D eigenvalue weighted by Gasteiger charge is -2.36. The number of amides is 1. The van der Waals surface area contributed by atoms with Crippen LogP contribution in [0.1, 0.15) is 24.8 Å². The molecule has 23 heavy (non-hydrogen) atoms. The fourth-order valence-electron chi connectivity index (χ4n) is 2.54. The molecule has 126 valence electrons. The highest BCUT2D eigenvalue weighted by Gasteiger charge is 2.40. The lowest BCUT2D eigenvalue weighted by atomic mass is 9.88. The van der Waals surface area contributed by atoms with Crippen molar-refractivity contribution in [2.45, 2.75) is 31.4 Å². The molecule has 0 spiro atoms. The Morgan fingerprint density at radius 3 is 2.35 bits per heavy atom. The van der Waals surface area contributed by atoms with Crippen LogP contribution in [-0.4, -0.2) is 42.6 Å². The van der Waals surface area contributed by atoms with Gasteiger partial charge in [0.05, 0.1) is 23.5 Å². The first-order valence-electron chi connectivity index (χ1n) is 7.21. The lowest BCUT2D eigenvalue weighted by molar-refractivity contribution is -0.138. The number of carboxylic acids is 1. The van der Waals surface area contributed by atoms with E-state index in [2.05, 4.69) is 5.32 Å². The Balaban J connectivity index is 1.97. The summed E-state index contributed by atoms with van der Waals surface area (Å²) in [5, 5.41) is 11.6. The number of carbonyl (C=O) groups excluding carboxylic acids is 1. The van der Waals surface area contributed by atoms with E-state index >= 15 is 0 Å². The molecular weight excluding hydrogens is 322 g/mol. The van der Waals surface area contributed by atoms with Gasteiger partial charge < -0.3 is 15.2 Å². The number of alkyl carbamates (subject to hydrolysis) is 1. The predicted octanol–water partition coefficient (Wildman–Crippen LogP) is 1.33. The van der Waals surface area contributed by atoms with Crippen LogP contribution in [-0.2, 0) is 26.0 Å². The van der Waals surface area contributed by atoms with Gasteiger partial charge in [-0.2, -0.15) is 0 Å². The number of ether oxygens (including phenoxy) is 1. The minimum atomic E-state index is -3.17. The summed E-state index contributed by atoms with van der Waals surface area (Å²) in [5.74, 6) is -1.37. The number of rotatable bonds is 5. The van der Waals surface area contributed by atoms with Crippen molar-refractivity contribution in [3.63, 3.8) is 0 Å². The van der Waals surface area contributed by atoms with Crippen molar-refractivity contribution in [1.82, 2.24) is 5.32 Å². The summed E-state index contributed by atoms with van der Waals surface area (Å²) in [6.07, 6.45) is -0.929. The molecule has 0 aromatic heterocycles. The van der Waals surface area contributed by atoms with Gasteiger partial charge in [-0.05, 0) is 18.4 Å². The van der Waals surface area contributed by atoms with E-state index in [1.54, 1.807) is 12.1 Å². The molecule has 1 amide bonds. The third-order valence-electron chi connectivity index (χ3n) is 3.85. The molecule has 0 unspecified atom stereocenters. The van der Waals surface area contributed by atoms with E-state index in [0.717, 1.165) is 5.56 Å². The maximum atomic E-state index is 12.0.